The molecule has 2 atom stereocenters. The quantitative estimate of drug-likeness (QED) is 0.231. The van der Waals surface area contributed by atoms with Crippen LogP contribution in [0.1, 0.15) is 76.7 Å². The maximum absolute atomic E-state index is 11.5. The first kappa shape index (κ1) is 28.9. The van der Waals surface area contributed by atoms with Crippen molar-refractivity contribution in [2.75, 3.05) is 20.2 Å². The van der Waals surface area contributed by atoms with Crippen LogP contribution in [0, 0.1) is 6.92 Å². The van der Waals surface area contributed by atoms with E-state index in [1.165, 1.54) is 30.7 Å². The number of esters is 1. The molecule has 0 radical (unpaired) electrons. The van der Waals surface area contributed by atoms with Gasteiger partial charge in [-0.3, -0.25) is 9.89 Å². The number of carbonyl (C=O) groups excluding carboxylic acids is 1. The molecule has 0 aromatic heterocycles. The van der Waals surface area contributed by atoms with Crippen LogP contribution in [0.15, 0.2) is 57.3 Å². The highest BCUT2D eigenvalue weighted by atomic mass is 32.2. The summed E-state index contributed by atoms with van der Waals surface area (Å²) in [6.45, 7) is 16.8. The van der Waals surface area contributed by atoms with Gasteiger partial charge >= 0.3 is 5.97 Å². The van der Waals surface area contributed by atoms with E-state index in [4.69, 9.17) is 4.74 Å². The molecule has 2 aliphatic heterocycles. The maximum atomic E-state index is 11.5. The van der Waals surface area contributed by atoms with Crippen molar-refractivity contribution >= 4 is 29.1 Å². The first-order valence-corrected chi connectivity index (χ1v) is 13.0. The number of aryl methyl sites for hydroxylation is 1. The summed E-state index contributed by atoms with van der Waals surface area (Å²) >= 11 is 1.83. The SMILES string of the molecule is C/C=C(/CC)S/C=C/CC.CC.COC(=O)c1ccc(N=C(C)/C=C2/CCN3CC23)c(C)c1. The lowest BCUT2D eigenvalue weighted by molar-refractivity contribution is 0.0600. The van der Waals surface area contributed by atoms with Gasteiger partial charge in [-0.05, 0) is 85.8 Å². The summed E-state index contributed by atoms with van der Waals surface area (Å²) < 4.78 is 4.73. The summed E-state index contributed by atoms with van der Waals surface area (Å²) in [5, 5.41) is 2.17. The summed E-state index contributed by atoms with van der Waals surface area (Å²) in [6, 6.07) is 6.14. The molecule has 2 heterocycles. The lowest BCUT2D eigenvalue weighted by Gasteiger charge is -2.05. The zero-order chi connectivity index (χ0) is 24.8. The Morgan fingerprint density at radius 3 is 2.52 bits per heavy atom. The average molecular weight is 471 g/mol. The normalized spacial score (nSPS) is 20.5. The van der Waals surface area contributed by atoms with Gasteiger partial charge in [0.15, 0.2) is 0 Å². The summed E-state index contributed by atoms with van der Waals surface area (Å²) in [7, 11) is 1.39. The molecule has 182 valence electrons. The number of fused-ring (bicyclic) bond motifs is 1. The van der Waals surface area contributed by atoms with E-state index in [1.807, 2.05) is 51.6 Å². The van der Waals surface area contributed by atoms with Crippen LogP contribution in [0.2, 0.25) is 0 Å². The molecule has 33 heavy (non-hydrogen) atoms. The Balaban J connectivity index is 0.000000386. The molecular formula is C28H42N2O2S. The molecule has 0 aliphatic carbocycles. The Hall–Kier alpha value is -2.11. The largest absolute Gasteiger partial charge is 0.465 e. The van der Waals surface area contributed by atoms with Gasteiger partial charge in [0, 0.05) is 24.8 Å². The van der Waals surface area contributed by atoms with Gasteiger partial charge in [0.1, 0.15) is 0 Å². The third kappa shape index (κ3) is 9.73. The zero-order valence-corrected chi connectivity index (χ0v) is 22.6. The molecule has 2 fully saturated rings. The van der Waals surface area contributed by atoms with E-state index < -0.39 is 0 Å². The van der Waals surface area contributed by atoms with Crippen molar-refractivity contribution in [2.45, 2.75) is 73.8 Å². The Labute approximate surface area is 205 Å². The van der Waals surface area contributed by atoms with Gasteiger partial charge in [-0.25, -0.2) is 4.79 Å². The van der Waals surface area contributed by atoms with Crippen molar-refractivity contribution in [2.24, 2.45) is 4.99 Å². The Morgan fingerprint density at radius 2 is 2.03 bits per heavy atom. The maximum Gasteiger partial charge on any atom is 0.337 e. The molecule has 2 saturated heterocycles. The Bertz CT molecular complexity index is 884. The molecule has 1 aromatic carbocycles. The van der Waals surface area contributed by atoms with E-state index in [2.05, 4.69) is 54.3 Å². The summed E-state index contributed by atoms with van der Waals surface area (Å²) in [5.41, 5.74) is 4.97. The molecule has 3 rings (SSSR count). The molecule has 4 nitrogen and oxygen atoms in total. The number of thioether (sulfide) groups is 1. The fraction of sp³-hybridized carbons (Fsp3) is 0.500. The van der Waals surface area contributed by atoms with Crippen molar-refractivity contribution < 1.29 is 9.53 Å². The van der Waals surface area contributed by atoms with Crippen LogP contribution in [0.25, 0.3) is 0 Å². The monoisotopic (exact) mass is 470 g/mol. The topological polar surface area (TPSA) is 41.7 Å². The average Bonchev–Trinajstić information content (AvgIpc) is 3.52. The number of methoxy groups -OCH3 is 1. The molecule has 0 bridgehead atoms. The highest BCUT2D eigenvalue weighted by Gasteiger charge is 2.41. The third-order valence-electron chi connectivity index (χ3n) is 5.36. The minimum Gasteiger partial charge on any atom is -0.465 e. The molecule has 0 spiro atoms. The smallest absolute Gasteiger partial charge is 0.337 e. The second-order valence-corrected chi connectivity index (χ2v) is 8.76. The van der Waals surface area contributed by atoms with Crippen LogP contribution in [0.4, 0.5) is 5.69 Å². The number of rotatable bonds is 7. The van der Waals surface area contributed by atoms with Gasteiger partial charge < -0.3 is 4.74 Å². The number of hydrogen-bond acceptors (Lipinski definition) is 5. The van der Waals surface area contributed by atoms with Gasteiger partial charge in [-0.2, -0.15) is 0 Å². The molecule has 0 saturated carbocycles. The lowest BCUT2D eigenvalue weighted by Crippen LogP contribution is -2.01. The second-order valence-electron chi connectivity index (χ2n) is 7.73. The fourth-order valence-corrected chi connectivity index (χ4v) is 4.25. The van der Waals surface area contributed by atoms with Crippen LogP contribution in [0.3, 0.4) is 0 Å². The van der Waals surface area contributed by atoms with Crippen LogP contribution >= 0.6 is 11.8 Å². The van der Waals surface area contributed by atoms with Crippen molar-refractivity contribution in [3.05, 3.63) is 63.4 Å². The Kier molecular flexibility index (Phi) is 13.7. The van der Waals surface area contributed by atoms with Gasteiger partial charge in [0.25, 0.3) is 0 Å². The standard InChI is InChI=1S/C17H20N2O2.C9H16S.C2H6/c1-11-8-14(17(20)21-3)4-5-15(11)18-12(2)9-13-6-7-19-10-16(13)19;1-4-7-8-10-9(5-2)6-3;1-2/h4-5,8-9,16H,6-7,10H2,1-3H3;5,7-8H,4,6H2,1-3H3;1-2H3/b13-9-,18-12?;8-7+,9-5-;. The highest BCUT2D eigenvalue weighted by molar-refractivity contribution is 8.05. The van der Waals surface area contributed by atoms with E-state index >= 15 is 0 Å². The van der Waals surface area contributed by atoms with Crippen LogP contribution in [0.5, 0.6) is 0 Å². The van der Waals surface area contributed by atoms with E-state index in [9.17, 15) is 4.79 Å². The molecule has 5 heteroatoms. The first-order valence-electron chi connectivity index (χ1n) is 12.1. The van der Waals surface area contributed by atoms with E-state index in [0.717, 1.165) is 36.2 Å². The number of aliphatic imine (C=N–C) groups is 1. The van der Waals surface area contributed by atoms with Gasteiger partial charge in [-0.15, -0.1) is 11.8 Å². The fourth-order valence-electron chi connectivity index (χ4n) is 3.49. The predicted octanol–water partition coefficient (Wildman–Crippen LogP) is 7.87. The van der Waals surface area contributed by atoms with Crippen molar-refractivity contribution in [1.29, 1.82) is 0 Å². The van der Waals surface area contributed by atoms with E-state index in [0.29, 0.717) is 11.6 Å². The number of carbonyl (C=O) groups is 1. The van der Waals surface area contributed by atoms with E-state index in [1.54, 1.807) is 6.07 Å². The molecule has 0 N–H and O–H groups in total. The van der Waals surface area contributed by atoms with Crippen LogP contribution < -0.4 is 0 Å². The van der Waals surface area contributed by atoms with Gasteiger partial charge in [0.2, 0.25) is 0 Å². The summed E-state index contributed by atoms with van der Waals surface area (Å²) in [5.74, 6) is -0.313. The first-order chi connectivity index (χ1) is 15.9. The molecule has 1 aromatic rings. The zero-order valence-electron chi connectivity index (χ0n) is 21.8. The number of benzene rings is 1. The van der Waals surface area contributed by atoms with Gasteiger partial charge in [0.05, 0.1) is 18.4 Å². The molecule has 2 aliphatic rings. The second kappa shape index (κ2) is 15.7. The van der Waals surface area contributed by atoms with Crippen LogP contribution in [-0.2, 0) is 4.74 Å². The minimum atomic E-state index is -0.313. The molecule has 0 amide bonds. The predicted molar refractivity (Wildman–Crippen MR) is 146 cm³/mol. The molecular weight excluding hydrogens is 428 g/mol. The number of hydrogen-bond donors (Lipinski definition) is 0. The summed E-state index contributed by atoms with van der Waals surface area (Å²) in [4.78, 5) is 20.1. The van der Waals surface area contributed by atoms with Gasteiger partial charge in [-0.1, -0.05) is 39.8 Å². The number of ether oxygens (including phenoxy) is 1. The third-order valence-corrected chi connectivity index (χ3v) is 6.52. The summed E-state index contributed by atoms with van der Waals surface area (Å²) in [6.07, 6.45) is 10.0. The number of piperidine rings is 1. The molecule has 2 unspecified atom stereocenters. The minimum absolute atomic E-state index is 0.313. The van der Waals surface area contributed by atoms with Crippen molar-refractivity contribution in [1.82, 2.24) is 4.90 Å². The Morgan fingerprint density at radius 1 is 1.30 bits per heavy atom. The van der Waals surface area contributed by atoms with E-state index in [-0.39, 0.29) is 5.97 Å². The lowest BCUT2D eigenvalue weighted by atomic mass is 10.1. The number of allylic oxidation sites excluding steroid dienone is 4. The van der Waals surface area contributed by atoms with Crippen molar-refractivity contribution in [3.8, 4) is 0 Å². The highest BCUT2D eigenvalue weighted by Crippen LogP contribution is 2.35. The number of nitrogens with zero attached hydrogens (tertiary/aromatic N) is 2. The van der Waals surface area contributed by atoms with Crippen molar-refractivity contribution in [3.63, 3.8) is 0 Å². The van der Waals surface area contributed by atoms with Crippen LogP contribution in [-0.4, -0.2) is 42.8 Å².